The molecule has 2 heterocycles. The lowest BCUT2D eigenvalue weighted by Crippen LogP contribution is -2.08. The van der Waals surface area contributed by atoms with E-state index in [1.54, 1.807) is 12.5 Å². The van der Waals surface area contributed by atoms with E-state index in [1.807, 2.05) is 10.8 Å². The first-order valence-electron chi connectivity index (χ1n) is 5.26. The van der Waals surface area contributed by atoms with E-state index in [0.717, 1.165) is 25.2 Å². The van der Waals surface area contributed by atoms with Crippen LogP contribution in [0, 0.1) is 11.6 Å². The topological polar surface area (TPSA) is 42.7 Å². The van der Waals surface area contributed by atoms with Crippen molar-refractivity contribution in [3.8, 4) is 0 Å². The van der Waals surface area contributed by atoms with Gasteiger partial charge in [-0.25, -0.2) is 18.7 Å². The fourth-order valence-electron chi connectivity index (χ4n) is 1.43. The Labute approximate surface area is 97.3 Å². The average molecular weight is 238 g/mol. The quantitative estimate of drug-likeness (QED) is 0.811. The first-order valence-corrected chi connectivity index (χ1v) is 5.26. The molecule has 0 atom stereocenters. The van der Waals surface area contributed by atoms with Crippen molar-refractivity contribution in [2.75, 3.05) is 11.9 Å². The van der Waals surface area contributed by atoms with Crippen LogP contribution >= 0.6 is 0 Å². The lowest BCUT2D eigenvalue weighted by molar-refractivity contribution is 0.574. The number of imidazole rings is 1. The van der Waals surface area contributed by atoms with Crippen molar-refractivity contribution in [3.05, 3.63) is 42.6 Å². The van der Waals surface area contributed by atoms with E-state index >= 15 is 0 Å². The Morgan fingerprint density at radius 2 is 2.24 bits per heavy atom. The standard InChI is InChI=1S/C11H12F2N4/c12-9-6-10(13)11(16-7-9)15-2-1-4-17-5-3-14-8-17/h3,5-8H,1-2,4H2,(H,15,16). The molecular weight excluding hydrogens is 226 g/mol. The minimum absolute atomic E-state index is 0.0806. The van der Waals surface area contributed by atoms with Crippen LogP contribution in [0.25, 0.3) is 0 Å². The van der Waals surface area contributed by atoms with Crippen molar-refractivity contribution < 1.29 is 8.78 Å². The number of hydrogen-bond acceptors (Lipinski definition) is 3. The van der Waals surface area contributed by atoms with Crippen LogP contribution < -0.4 is 5.32 Å². The van der Waals surface area contributed by atoms with Crippen molar-refractivity contribution in [1.82, 2.24) is 14.5 Å². The smallest absolute Gasteiger partial charge is 0.168 e. The molecule has 17 heavy (non-hydrogen) atoms. The summed E-state index contributed by atoms with van der Waals surface area (Å²) in [4.78, 5) is 7.54. The highest BCUT2D eigenvalue weighted by atomic mass is 19.1. The molecular formula is C11H12F2N4. The predicted octanol–water partition coefficient (Wildman–Crippen LogP) is 2.06. The Balaban J connectivity index is 1.78. The number of nitrogens with zero attached hydrogens (tertiary/aromatic N) is 3. The van der Waals surface area contributed by atoms with Gasteiger partial charge in [-0.05, 0) is 6.42 Å². The zero-order valence-corrected chi connectivity index (χ0v) is 9.11. The zero-order chi connectivity index (χ0) is 12.1. The molecule has 0 aromatic carbocycles. The summed E-state index contributed by atoms with van der Waals surface area (Å²) in [7, 11) is 0. The summed E-state index contributed by atoms with van der Waals surface area (Å²) in [6.45, 7) is 1.35. The SMILES string of the molecule is Fc1cnc(NCCCn2ccnc2)c(F)c1. The first-order chi connectivity index (χ1) is 8.25. The third-order valence-corrected chi connectivity index (χ3v) is 2.25. The molecule has 0 saturated carbocycles. The fourth-order valence-corrected chi connectivity index (χ4v) is 1.43. The molecule has 0 radical (unpaired) electrons. The summed E-state index contributed by atoms with van der Waals surface area (Å²) >= 11 is 0. The number of hydrogen-bond donors (Lipinski definition) is 1. The zero-order valence-electron chi connectivity index (χ0n) is 9.11. The fraction of sp³-hybridized carbons (Fsp3) is 0.273. The van der Waals surface area contributed by atoms with E-state index in [2.05, 4.69) is 15.3 Å². The molecule has 0 unspecified atom stereocenters. The van der Waals surface area contributed by atoms with Crippen LogP contribution in [0.5, 0.6) is 0 Å². The van der Waals surface area contributed by atoms with Crippen LogP contribution in [0.2, 0.25) is 0 Å². The molecule has 2 rings (SSSR count). The number of aryl methyl sites for hydroxylation is 1. The number of rotatable bonds is 5. The molecule has 6 heteroatoms. The summed E-state index contributed by atoms with van der Waals surface area (Å²) in [5.74, 6) is -1.27. The van der Waals surface area contributed by atoms with Gasteiger partial charge in [0.15, 0.2) is 11.6 Å². The molecule has 0 aliphatic heterocycles. The predicted molar refractivity (Wildman–Crippen MR) is 59.5 cm³/mol. The van der Waals surface area contributed by atoms with Crippen molar-refractivity contribution in [2.24, 2.45) is 0 Å². The summed E-state index contributed by atoms with van der Waals surface area (Å²) in [6, 6.07) is 0.811. The molecule has 0 spiro atoms. The highest BCUT2D eigenvalue weighted by molar-refractivity contribution is 5.35. The molecule has 0 saturated heterocycles. The Bertz CT molecular complexity index is 470. The second kappa shape index (κ2) is 5.38. The normalized spacial score (nSPS) is 10.5. The molecule has 0 aliphatic rings. The van der Waals surface area contributed by atoms with Gasteiger partial charge >= 0.3 is 0 Å². The molecule has 90 valence electrons. The van der Waals surface area contributed by atoms with Crippen LogP contribution in [0.4, 0.5) is 14.6 Å². The van der Waals surface area contributed by atoms with Gasteiger partial charge in [-0.15, -0.1) is 0 Å². The number of anilines is 1. The Morgan fingerprint density at radius 1 is 1.35 bits per heavy atom. The second-order valence-corrected chi connectivity index (χ2v) is 3.56. The van der Waals surface area contributed by atoms with Crippen molar-refractivity contribution in [2.45, 2.75) is 13.0 Å². The number of nitrogens with one attached hydrogen (secondary N) is 1. The third-order valence-electron chi connectivity index (χ3n) is 2.25. The van der Waals surface area contributed by atoms with E-state index in [9.17, 15) is 8.78 Å². The number of pyridine rings is 1. The van der Waals surface area contributed by atoms with Gasteiger partial charge in [-0.1, -0.05) is 0 Å². The van der Waals surface area contributed by atoms with Crippen molar-refractivity contribution in [3.63, 3.8) is 0 Å². The van der Waals surface area contributed by atoms with Crippen LogP contribution in [0.15, 0.2) is 31.0 Å². The van der Waals surface area contributed by atoms with E-state index < -0.39 is 11.6 Å². The van der Waals surface area contributed by atoms with Gasteiger partial charge in [0, 0.05) is 31.5 Å². The molecule has 0 aliphatic carbocycles. The molecule has 2 aromatic heterocycles. The number of halogens is 2. The minimum Gasteiger partial charge on any atom is -0.368 e. The lowest BCUT2D eigenvalue weighted by atomic mass is 10.4. The lowest BCUT2D eigenvalue weighted by Gasteiger charge is -2.06. The van der Waals surface area contributed by atoms with Gasteiger partial charge in [0.1, 0.15) is 5.82 Å². The molecule has 0 fully saturated rings. The maximum Gasteiger partial charge on any atom is 0.168 e. The van der Waals surface area contributed by atoms with Gasteiger partial charge in [0.2, 0.25) is 0 Å². The highest BCUT2D eigenvalue weighted by Crippen LogP contribution is 2.10. The summed E-state index contributed by atoms with van der Waals surface area (Å²) in [6.07, 6.45) is 7.07. The summed E-state index contributed by atoms with van der Waals surface area (Å²) in [5.41, 5.74) is 0. The van der Waals surface area contributed by atoms with Gasteiger partial charge in [-0.2, -0.15) is 0 Å². The Hall–Kier alpha value is -1.98. The van der Waals surface area contributed by atoms with Crippen molar-refractivity contribution >= 4 is 5.82 Å². The maximum atomic E-state index is 13.2. The van der Waals surface area contributed by atoms with Gasteiger partial charge in [0.05, 0.1) is 12.5 Å². The molecule has 4 nitrogen and oxygen atoms in total. The van der Waals surface area contributed by atoms with Crippen molar-refractivity contribution in [1.29, 1.82) is 0 Å². The van der Waals surface area contributed by atoms with Gasteiger partial charge < -0.3 is 9.88 Å². The molecule has 0 bridgehead atoms. The highest BCUT2D eigenvalue weighted by Gasteiger charge is 2.03. The van der Waals surface area contributed by atoms with Gasteiger partial charge in [-0.3, -0.25) is 0 Å². The van der Waals surface area contributed by atoms with Crippen LogP contribution in [0.1, 0.15) is 6.42 Å². The second-order valence-electron chi connectivity index (χ2n) is 3.56. The summed E-state index contributed by atoms with van der Waals surface area (Å²) in [5, 5.41) is 2.82. The average Bonchev–Trinajstić information content (AvgIpc) is 2.79. The van der Waals surface area contributed by atoms with E-state index in [1.165, 1.54) is 0 Å². The Kier molecular flexibility index (Phi) is 3.64. The van der Waals surface area contributed by atoms with Crippen LogP contribution in [-0.4, -0.2) is 21.1 Å². The first kappa shape index (κ1) is 11.5. The monoisotopic (exact) mass is 238 g/mol. The molecule has 0 amide bonds. The molecule has 1 N–H and O–H groups in total. The van der Waals surface area contributed by atoms with E-state index in [0.29, 0.717) is 6.54 Å². The van der Waals surface area contributed by atoms with E-state index in [-0.39, 0.29) is 5.82 Å². The largest absolute Gasteiger partial charge is 0.368 e. The summed E-state index contributed by atoms with van der Waals surface area (Å²) < 4.78 is 27.7. The Morgan fingerprint density at radius 3 is 2.94 bits per heavy atom. The van der Waals surface area contributed by atoms with Crippen LogP contribution in [-0.2, 0) is 6.54 Å². The van der Waals surface area contributed by atoms with E-state index in [4.69, 9.17) is 0 Å². The third kappa shape index (κ3) is 3.24. The minimum atomic E-state index is -0.675. The van der Waals surface area contributed by atoms with Gasteiger partial charge in [0.25, 0.3) is 0 Å². The maximum absolute atomic E-state index is 13.2. The van der Waals surface area contributed by atoms with Crippen LogP contribution in [0.3, 0.4) is 0 Å². The molecule has 2 aromatic rings. The number of aromatic nitrogens is 3.